The second-order valence-electron chi connectivity index (χ2n) is 9.41. The number of anilines is 1. The van der Waals surface area contributed by atoms with Crippen molar-refractivity contribution in [1.29, 1.82) is 0 Å². The minimum absolute atomic E-state index is 0.265. The van der Waals surface area contributed by atoms with Crippen LogP contribution in [0.25, 0.3) is 0 Å². The molecule has 0 spiro atoms. The van der Waals surface area contributed by atoms with Crippen LogP contribution < -0.4 is 10.9 Å². The number of H-pyrrole nitrogens is 1. The van der Waals surface area contributed by atoms with Crippen LogP contribution in [0.4, 0.5) is 6.01 Å². The normalized spacial score (nSPS) is 14.4. The van der Waals surface area contributed by atoms with Crippen molar-refractivity contribution in [2.45, 2.75) is 25.8 Å². The smallest absolute Gasteiger partial charge is 0.315 e. The van der Waals surface area contributed by atoms with Crippen LogP contribution in [0.1, 0.15) is 39.8 Å². The first-order valence-corrected chi connectivity index (χ1v) is 12.8. The number of nitrogens with one attached hydrogen (secondary N) is 2. The van der Waals surface area contributed by atoms with Crippen LogP contribution in [0.3, 0.4) is 0 Å². The molecule has 1 atom stereocenters. The minimum atomic E-state index is -0.585. The lowest BCUT2D eigenvalue weighted by Crippen LogP contribution is -2.35. The standard InChI is InChI=1S/C29H30N6O4/c1-20-33-34-29(39-20)30-17-25(26-27(36)28(37)32-19-31-26)16-23-8-4-21(5-9-23)2-3-22-6-10-24(11-7-22)18-35-12-14-38-15-13-35/h4-11,19,25,36H,12-18H2,1H3,(H,30,34)(H,31,32,37). The van der Waals surface area contributed by atoms with E-state index in [1.54, 1.807) is 6.92 Å². The highest BCUT2D eigenvalue weighted by Gasteiger charge is 2.21. The molecular weight excluding hydrogens is 496 g/mol. The summed E-state index contributed by atoms with van der Waals surface area (Å²) in [4.78, 5) is 21.0. The van der Waals surface area contributed by atoms with Gasteiger partial charge in [0.25, 0.3) is 5.56 Å². The maximum absolute atomic E-state index is 12.0. The largest absolute Gasteiger partial charge is 0.502 e. The third-order valence-electron chi connectivity index (χ3n) is 6.52. The molecule has 2 aromatic carbocycles. The van der Waals surface area contributed by atoms with Gasteiger partial charge in [0.1, 0.15) is 0 Å². The molecule has 1 saturated heterocycles. The molecule has 1 unspecified atom stereocenters. The number of aromatic hydroxyl groups is 1. The Labute approximate surface area is 226 Å². The number of aryl methyl sites for hydroxylation is 1. The molecule has 200 valence electrons. The van der Waals surface area contributed by atoms with Crippen molar-refractivity contribution in [2.75, 3.05) is 38.2 Å². The molecular formula is C29H30N6O4. The van der Waals surface area contributed by atoms with Gasteiger partial charge in [-0.3, -0.25) is 9.69 Å². The Balaban J connectivity index is 1.24. The van der Waals surface area contributed by atoms with Crippen LogP contribution in [0.2, 0.25) is 0 Å². The van der Waals surface area contributed by atoms with Crippen molar-refractivity contribution in [1.82, 2.24) is 25.1 Å². The van der Waals surface area contributed by atoms with Gasteiger partial charge >= 0.3 is 6.01 Å². The van der Waals surface area contributed by atoms with Crippen molar-refractivity contribution < 1.29 is 14.3 Å². The number of aromatic nitrogens is 4. The molecule has 4 aromatic rings. The van der Waals surface area contributed by atoms with Crippen LogP contribution in [0.15, 0.2) is 64.1 Å². The van der Waals surface area contributed by atoms with Gasteiger partial charge in [0, 0.05) is 50.1 Å². The summed E-state index contributed by atoms with van der Waals surface area (Å²) in [6, 6.07) is 16.5. The van der Waals surface area contributed by atoms with Crippen molar-refractivity contribution in [3.63, 3.8) is 0 Å². The Morgan fingerprint density at radius 1 is 1.03 bits per heavy atom. The van der Waals surface area contributed by atoms with Gasteiger partial charge in [0.2, 0.25) is 11.6 Å². The number of benzene rings is 2. The Bertz CT molecular complexity index is 1500. The van der Waals surface area contributed by atoms with Gasteiger partial charge in [-0.15, -0.1) is 5.10 Å². The summed E-state index contributed by atoms with van der Waals surface area (Å²) >= 11 is 0. The number of aromatic amines is 1. The average Bonchev–Trinajstić information content (AvgIpc) is 3.38. The highest BCUT2D eigenvalue weighted by atomic mass is 16.5. The maximum Gasteiger partial charge on any atom is 0.315 e. The van der Waals surface area contributed by atoms with Crippen LogP contribution in [-0.2, 0) is 17.7 Å². The van der Waals surface area contributed by atoms with Gasteiger partial charge in [-0.05, 0) is 41.8 Å². The van der Waals surface area contributed by atoms with Gasteiger partial charge in [-0.2, -0.15) is 0 Å². The van der Waals surface area contributed by atoms with Crippen LogP contribution in [0.5, 0.6) is 5.75 Å². The summed E-state index contributed by atoms with van der Waals surface area (Å²) in [5, 5.41) is 21.2. The van der Waals surface area contributed by atoms with E-state index in [1.165, 1.54) is 11.9 Å². The maximum atomic E-state index is 12.0. The molecule has 2 aromatic heterocycles. The van der Waals surface area contributed by atoms with E-state index in [2.05, 4.69) is 66.5 Å². The topological polar surface area (TPSA) is 129 Å². The zero-order valence-electron chi connectivity index (χ0n) is 21.7. The second kappa shape index (κ2) is 12.4. The first kappa shape index (κ1) is 26.2. The Hall–Kier alpha value is -4.46. The fourth-order valence-electron chi connectivity index (χ4n) is 4.41. The Morgan fingerprint density at radius 3 is 2.33 bits per heavy atom. The summed E-state index contributed by atoms with van der Waals surface area (Å²) < 4.78 is 10.8. The third kappa shape index (κ3) is 7.10. The molecule has 1 aliphatic rings. The molecule has 0 radical (unpaired) electrons. The van der Waals surface area contributed by atoms with Crippen molar-refractivity contribution in [3.8, 4) is 17.6 Å². The number of hydrogen-bond donors (Lipinski definition) is 3. The summed E-state index contributed by atoms with van der Waals surface area (Å²) in [7, 11) is 0. The first-order chi connectivity index (χ1) is 19.0. The van der Waals surface area contributed by atoms with Crippen LogP contribution >= 0.6 is 0 Å². The molecule has 1 fully saturated rings. The fraction of sp³-hybridized carbons (Fsp3) is 0.310. The lowest BCUT2D eigenvalue weighted by Gasteiger charge is -2.26. The average molecular weight is 527 g/mol. The molecule has 0 amide bonds. The summed E-state index contributed by atoms with van der Waals surface area (Å²) in [6.07, 6.45) is 1.80. The van der Waals surface area contributed by atoms with E-state index in [1.807, 2.05) is 24.3 Å². The van der Waals surface area contributed by atoms with Gasteiger partial charge in [-0.25, -0.2) is 4.98 Å². The Morgan fingerprint density at radius 2 is 1.69 bits per heavy atom. The monoisotopic (exact) mass is 526 g/mol. The van der Waals surface area contributed by atoms with Crippen LogP contribution in [0, 0.1) is 18.8 Å². The number of ether oxygens (including phenoxy) is 1. The molecule has 39 heavy (non-hydrogen) atoms. The van der Waals surface area contributed by atoms with E-state index in [-0.39, 0.29) is 11.9 Å². The summed E-state index contributed by atoms with van der Waals surface area (Å²) in [5.41, 5.74) is 3.84. The summed E-state index contributed by atoms with van der Waals surface area (Å²) in [5.74, 6) is 6.17. The molecule has 5 rings (SSSR count). The van der Waals surface area contributed by atoms with Gasteiger partial charge in [-0.1, -0.05) is 41.2 Å². The van der Waals surface area contributed by atoms with Gasteiger partial charge < -0.3 is 24.6 Å². The number of rotatable bonds is 8. The first-order valence-electron chi connectivity index (χ1n) is 12.8. The molecule has 3 N–H and O–H groups in total. The van der Waals surface area contributed by atoms with Crippen molar-refractivity contribution in [3.05, 3.63) is 99.1 Å². The Kier molecular flexibility index (Phi) is 8.31. The predicted octanol–water partition coefficient (Wildman–Crippen LogP) is 2.84. The van der Waals surface area contributed by atoms with E-state index in [4.69, 9.17) is 9.15 Å². The van der Waals surface area contributed by atoms with E-state index < -0.39 is 11.3 Å². The summed E-state index contributed by atoms with van der Waals surface area (Å²) in [6.45, 7) is 6.48. The number of nitrogens with zero attached hydrogens (tertiary/aromatic N) is 4. The molecule has 3 heterocycles. The molecule has 0 bridgehead atoms. The molecule has 10 heteroatoms. The SMILES string of the molecule is Cc1nnc(NCC(Cc2ccc(C#Cc3ccc(CN4CCOCC4)cc3)cc2)c2nc[nH]c(=O)c2O)o1. The second-order valence-corrected chi connectivity index (χ2v) is 9.41. The van der Waals surface area contributed by atoms with Gasteiger partial charge in [0.05, 0.1) is 25.2 Å². The molecule has 1 aliphatic heterocycles. The molecule has 0 aliphatic carbocycles. The highest BCUT2D eigenvalue weighted by Crippen LogP contribution is 2.25. The van der Waals surface area contributed by atoms with E-state index in [0.717, 1.165) is 49.5 Å². The van der Waals surface area contributed by atoms with E-state index in [9.17, 15) is 9.90 Å². The van der Waals surface area contributed by atoms with Crippen LogP contribution in [-0.4, -0.2) is 63.0 Å². The minimum Gasteiger partial charge on any atom is -0.502 e. The predicted molar refractivity (Wildman–Crippen MR) is 145 cm³/mol. The van der Waals surface area contributed by atoms with Crippen molar-refractivity contribution >= 4 is 6.01 Å². The lowest BCUT2D eigenvalue weighted by molar-refractivity contribution is 0.0342. The van der Waals surface area contributed by atoms with E-state index in [0.29, 0.717) is 24.6 Å². The highest BCUT2D eigenvalue weighted by molar-refractivity contribution is 5.44. The van der Waals surface area contributed by atoms with Gasteiger partial charge in [0.15, 0.2) is 0 Å². The zero-order valence-corrected chi connectivity index (χ0v) is 21.7. The van der Waals surface area contributed by atoms with Crippen molar-refractivity contribution in [2.24, 2.45) is 0 Å². The number of morpholine rings is 1. The number of hydrogen-bond acceptors (Lipinski definition) is 9. The quantitative estimate of drug-likeness (QED) is 0.297. The lowest BCUT2D eigenvalue weighted by atomic mass is 9.94. The fourth-order valence-corrected chi connectivity index (χ4v) is 4.41. The van der Waals surface area contributed by atoms with E-state index >= 15 is 0 Å². The molecule has 10 nitrogen and oxygen atoms in total. The zero-order chi connectivity index (χ0) is 27.0. The molecule has 0 saturated carbocycles. The third-order valence-corrected chi connectivity index (χ3v) is 6.52.